The fraction of sp³-hybridized carbons (Fsp3) is 0.250. The zero-order valence-electron chi connectivity index (χ0n) is 11.8. The Bertz CT molecular complexity index is 711. The summed E-state index contributed by atoms with van der Waals surface area (Å²) in [5.74, 6) is -0.499. The summed E-state index contributed by atoms with van der Waals surface area (Å²) in [4.78, 5) is 25.9. The third-order valence-electron chi connectivity index (χ3n) is 3.61. The highest BCUT2D eigenvalue weighted by molar-refractivity contribution is 6.29. The molecule has 5 nitrogen and oxygen atoms in total. The van der Waals surface area contributed by atoms with E-state index >= 15 is 0 Å². The van der Waals surface area contributed by atoms with Crippen molar-refractivity contribution in [3.63, 3.8) is 0 Å². The Morgan fingerprint density at radius 2 is 2.05 bits per heavy atom. The van der Waals surface area contributed by atoms with Crippen molar-refractivity contribution in [1.82, 2.24) is 5.32 Å². The summed E-state index contributed by atoms with van der Waals surface area (Å²) in [5.41, 5.74) is 2.08. The maximum atomic E-state index is 12.4. The fourth-order valence-electron chi connectivity index (χ4n) is 2.57. The molecule has 0 unspecified atom stereocenters. The lowest BCUT2D eigenvalue weighted by Gasteiger charge is -2.29. The molecule has 0 spiro atoms. The number of aryl methyl sites for hydroxylation is 1. The van der Waals surface area contributed by atoms with Gasteiger partial charge in [-0.05, 0) is 48.2 Å². The van der Waals surface area contributed by atoms with Gasteiger partial charge in [-0.3, -0.25) is 9.59 Å². The number of fused-ring (bicyclic) bond motifs is 1. The molecule has 1 aromatic carbocycles. The van der Waals surface area contributed by atoms with Crippen molar-refractivity contribution >= 4 is 29.1 Å². The first-order valence-electron chi connectivity index (χ1n) is 7.07. The molecule has 3 rings (SSSR count). The van der Waals surface area contributed by atoms with Gasteiger partial charge in [0, 0.05) is 12.2 Å². The van der Waals surface area contributed by atoms with E-state index in [4.69, 9.17) is 16.0 Å². The van der Waals surface area contributed by atoms with Gasteiger partial charge in [0.05, 0.1) is 6.54 Å². The molecule has 0 saturated heterocycles. The van der Waals surface area contributed by atoms with Gasteiger partial charge in [-0.15, -0.1) is 0 Å². The number of para-hydroxylation sites is 1. The molecular weight excluding hydrogens is 304 g/mol. The van der Waals surface area contributed by atoms with Gasteiger partial charge in [-0.1, -0.05) is 18.2 Å². The molecule has 0 aliphatic carbocycles. The lowest BCUT2D eigenvalue weighted by atomic mass is 10.0. The minimum Gasteiger partial charge on any atom is -0.440 e. The van der Waals surface area contributed by atoms with Gasteiger partial charge in [0.15, 0.2) is 11.0 Å². The average Bonchev–Trinajstić information content (AvgIpc) is 2.98. The maximum Gasteiger partial charge on any atom is 0.287 e. The normalized spacial score (nSPS) is 13.6. The van der Waals surface area contributed by atoms with Crippen molar-refractivity contribution in [3.05, 3.63) is 52.9 Å². The lowest BCUT2D eigenvalue weighted by molar-refractivity contribution is -0.117. The van der Waals surface area contributed by atoms with Crippen LogP contribution in [0.25, 0.3) is 0 Å². The molecule has 2 heterocycles. The number of hydrogen-bond donors (Lipinski definition) is 1. The number of nitrogens with zero attached hydrogens (tertiary/aromatic N) is 1. The van der Waals surface area contributed by atoms with Crippen molar-refractivity contribution in [2.75, 3.05) is 18.0 Å². The van der Waals surface area contributed by atoms with E-state index in [1.165, 1.54) is 12.1 Å². The van der Waals surface area contributed by atoms with Crippen LogP contribution in [0.5, 0.6) is 0 Å². The molecule has 1 aromatic heterocycles. The van der Waals surface area contributed by atoms with Crippen molar-refractivity contribution in [3.8, 4) is 0 Å². The highest BCUT2D eigenvalue weighted by atomic mass is 35.5. The van der Waals surface area contributed by atoms with Crippen LogP contribution in [0.1, 0.15) is 22.5 Å². The number of hydrogen-bond acceptors (Lipinski definition) is 3. The quantitative estimate of drug-likeness (QED) is 0.946. The number of anilines is 1. The van der Waals surface area contributed by atoms with Crippen LogP contribution in [0.3, 0.4) is 0 Å². The predicted molar refractivity (Wildman–Crippen MR) is 83.2 cm³/mol. The summed E-state index contributed by atoms with van der Waals surface area (Å²) >= 11 is 5.62. The molecule has 1 N–H and O–H groups in total. The second-order valence-electron chi connectivity index (χ2n) is 5.06. The van der Waals surface area contributed by atoms with E-state index in [0.717, 1.165) is 24.1 Å². The van der Waals surface area contributed by atoms with Gasteiger partial charge in [0.25, 0.3) is 5.91 Å². The van der Waals surface area contributed by atoms with Gasteiger partial charge in [0.1, 0.15) is 0 Å². The minimum absolute atomic E-state index is 0.0779. The number of amides is 2. The predicted octanol–water partition coefficient (Wildman–Crippen LogP) is 2.64. The third kappa shape index (κ3) is 2.99. The number of benzene rings is 1. The summed E-state index contributed by atoms with van der Waals surface area (Å²) in [6, 6.07) is 10.8. The molecule has 2 amide bonds. The first kappa shape index (κ1) is 14.7. The number of halogens is 1. The molecule has 0 atom stereocenters. The number of carbonyl (C=O) groups excluding carboxylic acids is 2. The van der Waals surface area contributed by atoms with Crippen molar-refractivity contribution in [2.45, 2.75) is 12.8 Å². The van der Waals surface area contributed by atoms with E-state index in [1.54, 1.807) is 4.90 Å². The van der Waals surface area contributed by atoms with Gasteiger partial charge >= 0.3 is 0 Å². The van der Waals surface area contributed by atoms with Crippen molar-refractivity contribution in [1.29, 1.82) is 0 Å². The third-order valence-corrected chi connectivity index (χ3v) is 3.81. The number of furan rings is 1. The van der Waals surface area contributed by atoms with Gasteiger partial charge in [0.2, 0.25) is 5.91 Å². The largest absolute Gasteiger partial charge is 0.440 e. The average molecular weight is 319 g/mol. The highest BCUT2D eigenvalue weighted by Gasteiger charge is 2.22. The first-order chi connectivity index (χ1) is 10.6. The van der Waals surface area contributed by atoms with Gasteiger partial charge in [-0.25, -0.2) is 0 Å². The number of rotatable bonds is 3. The fourth-order valence-corrected chi connectivity index (χ4v) is 2.71. The van der Waals surface area contributed by atoms with E-state index in [1.807, 2.05) is 24.3 Å². The van der Waals surface area contributed by atoms with Crippen molar-refractivity contribution < 1.29 is 14.0 Å². The van der Waals surface area contributed by atoms with Gasteiger partial charge in [-0.2, -0.15) is 0 Å². The van der Waals surface area contributed by atoms with Crippen LogP contribution in [0.2, 0.25) is 5.22 Å². The van der Waals surface area contributed by atoms with E-state index in [2.05, 4.69) is 5.32 Å². The minimum atomic E-state index is -0.453. The molecule has 0 radical (unpaired) electrons. The molecule has 22 heavy (non-hydrogen) atoms. The number of carbonyl (C=O) groups is 2. The second kappa shape index (κ2) is 6.23. The zero-order valence-corrected chi connectivity index (χ0v) is 12.6. The summed E-state index contributed by atoms with van der Waals surface area (Å²) < 4.78 is 5.01. The van der Waals surface area contributed by atoms with E-state index in [9.17, 15) is 9.59 Å². The summed E-state index contributed by atoms with van der Waals surface area (Å²) in [5, 5.41) is 2.70. The summed E-state index contributed by atoms with van der Waals surface area (Å²) in [6.45, 7) is 0.587. The molecular formula is C16H15ClN2O3. The second-order valence-corrected chi connectivity index (χ2v) is 5.44. The van der Waals surface area contributed by atoms with E-state index in [-0.39, 0.29) is 23.4 Å². The Kier molecular flexibility index (Phi) is 4.15. The monoisotopic (exact) mass is 318 g/mol. The first-order valence-corrected chi connectivity index (χ1v) is 7.45. The summed E-state index contributed by atoms with van der Waals surface area (Å²) in [7, 11) is 0. The maximum absolute atomic E-state index is 12.4. The Morgan fingerprint density at radius 1 is 1.23 bits per heavy atom. The molecule has 0 bridgehead atoms. The molecule has 1 aliphatic heterocycles. The van der Waals surface area contributed by atoms with Crippen molar-refractivity contribution in [2.24, 2.45) is 0 Å². The molecule has 6 heteroatoms. The Hall–Kier alpha value is -2.27. The zero-order chi connectivity index (χ0) is 15.5. The summed E-state index contributed by atoms with van der Waals surface area (Å²) in [6.07, 6.45) is 1.89. The van der Waals surface area contributed by atoms with Crippen LogP contribution < -0.4 is 10.2 Å². The van der Waals surface area contributed by atoms with Crippen LogP contribution >= 0.6 is 11.6 Å². The number of nitrogens with one attached hydrogen (secondary N) is 1. The van der Waals surface area contributed by atoms with Crippen LogP contribution in [-0.2, 0) is 11.2 Å². The molecule has 114 valence electrons. The topological polar surface area (TPSA) is 62.6 Å². The highest BCUT2D eigenvalue weighted by Crippen LogP contribution is 2.26. The molecule has 0 fully saturated rings. The molecule has 2 aromatic rings. The van der Waals surface area contributed by atoms with Crippen LogP contribution in [0.4, 0.5) is 5.69 Å². The van der Waals surface area contributed by atoms with Crippen LogP contribution in [-0.4, -0.2) is 24.9 Å². The smallest absolute Gasteiger partial charge is 0.287 e. The molecule has 1 aliphatic rings. The van der Waals surface area contributed by atoms with Gasteiger partial charge < -0.3 is 14.6 Å². The molecule has 0 saturated carbocycles. The SMILES string of the molecule is O=C(NCC(=O)N1CCCc2ccccc21)c1ccc(Cl)o1. The lowest BCUT2D eigenvalue weighted by Crippen LogP contribution is -2.42. The Labute approximate surface area is 132 Å². The van der Waals surface area contributed by atoms with E-state index in [0.29, 0.717) is 6.54 Å². The Balaban J connectivity index is 1.65. The van der Waals surface area contributed by atoms with Crippen LogP contribution in [0, 0.1) is 0 Å². The Morgan fingerprint density at radius 3 is 2.82 bits per heavy atom. The standard InChI is InChI=1S/C16H15ClN2O3/c17-14-8-7-13(22-14)16(21)18-10-15(20)19-9-3-5-11-4-1-2-6-12(11)19/h1-2,4,6-8H,3,5,9-10H2,(H,18,21). The van der Waals surface area contributed by atoms with E-state index < -0.39 is 5.91 Å². The van der Waals surface area contributed by atoms with Crippen LogP contribution in [0.15, 0.2) is 40.8 Å².